The second-order valence-corrected chi connectivity index (χ2v) is 10.0. The number of hydrogen-bond acceptors (Lipinski definition) is 2. The molecular weight excluding hydrogens is 498 g/mol. The summed E-state index contributed by atoms with van der Waals surface area (Å²) in [5.74, 6) is 1.92. The van der Waals surface area contributed by atoms with E-state index >= 15 is 0 Å². The van der Waals surface area contributed by atoms with Gasteiger partial charge in [-0.2, -0.15) is 0 Å². The molecule has 0 fully saturated rings. The average Bonchev–Trinajstić information content (AvgIpc) is 3.28. The molecule has 3 rings (SSSR count). The van der Waals surface area contributed by atoms with E-state index in [0.717, 1.165) is 46.9 Å². The normalized spacial score (nSPS) is 17.3. The van der Waals surface area contributed by atoms with Crippen molar-refractivity contribution in [3.63, 3.8) is 0 Å². The second kappa shape index (κ2) is 15.9. The highest BCUT2D eigenvalue weighted by atomic mass is 16.5. The summed E-state index contributed by atoms with van der Waals surface area (Å²) in [5.41, 5.74) is 10.3. The predicted molar refractivity (Wildman–Crippen MR) is 180 cm³/mol. The molecule has 0 aromatic heterocycles. The van der Waals surface area contributed by atoms with Crippen LogP contribution in [0.5, 0.6) is 0 Å². The zero-order valence-electron chi connectivity index (χ0n) is 25.2. The van der Waals surface area contributed by atoms with Crippen molar-refractivity contribution in [2.75, 3.05) is 5.32 Å². The van der Waals surface area contributed by atoms with Crippen molar-refractivity contribution in [3.05, 3.63) is 179 Å². The van der Waals surface area contributed by atoms with Crippen LogP contribution in [-0.2, 0) is 4.74 Å². The van der Waals surface area contributed by atoms with Crippen molar-refractivity contribution in [1.82, 2.24) is 0 Å². The Balaban J connectivity index is 1.63. The van der Waals surface area contributed by atoms with E-state index in [4.69, 9.17) is 4.74 Å². The molecule has 41 heavy (non-hydrogen) atoms. The van der Waals surface area contributed by atoms with E-state index < -0.39 is 0 Å². The fraction of sp³-hybridized carbons (Fsp3) is 0.179. The van der Waals surface area contributed by atoms with E-state index in [2.05, 4.69) is 87.0 Å². The van der Waals surface area contributed by atoms with Crippen molar-refractivity contribution >= 4 is 11.3 Å². The van der Waals surface area contributed by atoms with Gasteiger partial charge in [0.25, 0.3) is 0 Å². The van der Waals surface area contributed by atoms with E-state index in [1.807, 2.05) is 81.5 Å². The summed E-state index contributed by atoms with van der Waals surface area (Å²) in [4.78, 5) is 0. The average molecular weight is 542 g/mol. The monoisotopic (exact) mass is 541 g/mol. The largest absolute Gasteiger partial charge is 0.456 e. The maximum absolute atomic E-state index is 6.00. The molecule has 0 spiro atoms. The smallest absolute Gasteiger partial charge is 0.134 e. The van der Waals surface area contributed by atoms with Crippen molar-refractivity contribution in [2.24, 2.45) is 0 Å². The Morgan fingerprint density at radius 2 is 1.59 bits per heavy atom. The Morgan fingerprint density at radius 1 is 0.878 bits per heavy atom. The van der Waals surface area contributed by atoms with Crippen LogP contribution >= 0.6 is 0 Å². The number of rotatable bonds is 13. The zero-order valence-corrected chi connectivity index (χ0v) is 25.2. The van der Waals surface area contributed by atoms with Crippen molar-refractivity contribution in [3.8, 4) is 0 Å². The van der Waals surface area contributed by atoms with E-state index in [1.165, 1.54) is 27.9 Å². The zero-order chi connectivity index (χ0) is 29.6. The molecule has 2 nitrogen and oxygen atoms in total. The van der Waals surface area contributed by atoms with Crippen LogP contribution in [0.15, 0.2) is 174 Å². The number of allylic oxidation sites excluding steroid dienone is 21. The minimum atomic E-state index is 0.790. The van der Waals surface area contributed by atoms with Gasteiger partial charge in [-0.15, -0.1) is 0 Å². The molecule has 2 aliphatic rings. The first kappa shape index (κ1) is 31.0. The number of nitrogens with one attached hydrogen (secondary N) is 1. The fourth-order valence-corrected chi connectivity index (χ4v) is 4.49. The van der Waals surface area contributed by atoms with Crippen LogP contribution in [-0.4, -0.2) is 0 Å². The lowest BCUT2D eigenvalue weighted by Crippen LogP contribution is -2.06. The van der Waals surface area contributed by atoms with Gasteiger partial charge >= 0.3 is 0 Å². The summed E-state index contributed by atoms with van der Waals surface area (Å²) in [6, 6.07) is 8.12. The van der Waals surface area contributed by atoms with Gasteiger partial charge in [0.2, 0.25) is 0 Å². The Labute approximate surface area is 247 Å². The molecular formula is C39H43NO. The third-order valence-corrected chi connectivity index (χ3v) is 6.90. The Bertz CT molecular complexity index is 1490. The molecule has 0 saturated heterocycles. The molecule has 0 radical (unpaired) electrons. The van der Waals surface area contributed by atoms with E-state index in [0.29, 0.717) is 0 Å². The molecule has 1 heterocycles. The molecule has 1 N–H and O–H groups in total. The van der Waals surface area contributed by atoms with Crippen LogP contribution in [0.2, 0.25) is 0 Å². The van der Waals surface area contributed by atoms with Crippen LogP contribution < -0.4 is 5.32 Å². The molecule has 0 amide bonds. The van der Waals surface area contributed by atoms with Crippen LogP contribution in [0.25, 0.3) is 5.57 Å². The fourth-order valence-electron chi connectivity index (χ4n) is 4.49. The number of para-hydroxylation sites is 1. The minimum absolute atomic E-state index is 0.790. The van der Waals surface area contributed by atoms with Gasteiger partial charge in [-0.1, -0.05) is 110 Å². The highest BCUT2D eigenvalue weighted by Crippen LogP contribution is 2.43. The summed E-state index contributed by atoms with van der Waals surface area (Å²) >= 11 is 0. The van der Waals surface area contributed by atoms with Gasteiger partial charge in [0.1, 0.15) is 11.5 Å². The number of ether oxygens (including phenoxy) is 1. The van der Waals surface area contributed by atoms with Crippen molar-refractivity contribution < 1.29 is 4.74 Å². The first-order chi connectivity index (χ1) is 19.9. The lowest BCUT2D eigenvalue weighted by atomic mass is 9.94. The first-order valence-electron chi connectivity index (χ1n) is 14.2. The van der Waals surface area contributed by atoms with Crippen LogP contribution in [0.4, 0.5) is 5.69 Å². The lowest BCUT2D eigenvalue weighted by molar-refractivity contribution is 0.277. The Kier molecular flexibility index (Phi) is 12.0. The van der Waals surface area contributed by atoms with E-state index in [9.17, 15) is 0 Å². The lowest BCUT2D eigenvalue weighted by Gasteiger charge is -2.21. The molecule has 1 aliphatic carbocycles. The number of benzene rings is 1. The summed E-state index contributed by atoms with van der Waals surface area (Å²) in [6.07, 6.45) is 32.8. The first-order valence-corrected chi connectivity index (χ1v) is 14.2. The van der Waals surface area contributed by atoms with Gasteiger partial charge < -0.3 is 10.1 Å². The highest BCUT2D eigenvalue weighted by molar-refractivity contribution is 5.81. The van der Waals surface area contributed by atoms with E-state index in [-0.39, 0.29) is 0 Å². The molecule has 0 saturated carbocycles. The maximum Gasteiger partial charge on any atom is 0.134 e. The maximum atomic E-state index is 6.00. The molecule has 2 heteroatoms. The van der Waals surface area contributed by atoms with Crippen LogP contribution in [0.1, 0.15) is 53.0 Å². The quantitative estimate of drug-likeness (QED) is 0.251. The van der Waals surface area contributed by atoms with Gasteiger partial charge in [0.15, 0.2) is 0 Å². The molecule has 0 bridgehead atoms. The van der Waals surface area contributed by atoms with E-state index in [1.54, 1.807) is 0 Å². The molecule has 1 aliphatic heterocycles. The summed E-state index contributed by atoms with van der Waals surface area (Å²) in [6.45, 7) is 18.8. The number of anilines is 1. The summed E-state index contributed by atoms with van der Waals surface area (Å²) in [7, 11) is 0. The van der Waals surface area contributed by atoms with Crippen LogP contribution in [0, 0.1) is 0 Å². The topological polar surface area (TPSA) is 21.3 Å². The number of hydrogen-bond donors (Lipinski definition) is 1. The Hall–Kier alpha value is -4.56. The minimum Gasteiger partial charge on any atom is -0.456 e. The van der Waals surface area contributed by atoms with Gasteiger partial charge in [-0.05, 0) is 87.6 Å². The second-order valence-electron chi connectivity index (χ2n) is 10.0. The van der Waals surface area contributed by atoms with Gasteiger partial charge in [0, 0.05) is 28.9 Å². The van der Waals surface area contributed by atoms with Crippen molar-refractivity contribution in [1.29, 1.82) is 0 Å². The third-order valence-electron chi connectivity index (χ3n) is 6.90. The Morgan fingerprint density at radius 3 is 2.32 bits per heavy atom. The molecule has 0 unspecified atom stereocenters. The summed E-state index contributed by atoms with van der Waals surface area (Å²) < 4.78 is 6.00. The molecule has 210 valence electrons. The van der Waals surface area contributed by atoms with Crippen molar-refractivity contribution in [2.45, 2.75) is 47.5 Å². The molecule has 1 aromatic rings. The SMILES string of the molecule is C=C(/C=C\C=C1/OC2=C1CC(CC(/C=C\C=C/C)=C(C)/C(C)=C/C=C\C)=C2)Nc1ccccc1C(=C)/C=C\C=C/C. The van der Waals surface area contributed by atoms with Crippen LogP contribution in [0.3, 0.4) is 0 Å². The molecule has 0 atom stereocenters. The standard InChI is InChI=1S/C39H43NO/c1-8-11-14-20-30(5)35-23-16-17-24-37(35)40-31(6)21-18-25-38-36-27-33(28-39(36)41-38)26-34(22-15-12-9-2)32(7)29(4)19-13-10-3/h8-25,28,40H,5-6,26-27H2,1-4,7H3/b11-8-,12-9-,13-10-,20-14-,21-18-,22-15-,29-19+,34-32+,38-25-. The van der Waals surface area contributed by atoms with Gasteiger partial charge in [0.05, 0.1) is 0 Å². The summed E-state index contributed by atoms with van der Waals surface area (Å²) in [5, 5.41) is 3.41. The predicted octanol–water partition coefficient (Wildman–Crippen LogP) is 11.2. The highest BCUT2D eigenvalue weighted by Gasteiger charge is 2.30. The van der Waals surface area contributed by atoms with Gasteiger partial charge in [-0.25, -0.2) is 0 Å². The molecule has 1 aromatic carbocycles. The third kappa shape index (κ3) is 8.98. The van der Waals surface area contributed by atoms with Gasteiger partial charge in [-0.3, -0.25) is 0 Å².